The number of fused-ring (bicyclic) bond motifs is 11. The van der Waals surface area contributed by atoms with Gasteiger partial charge in [0.05, 0.1) is 22.1 Å². The molecule has 0 aliphatic carbocycles. The number of thiophene rings is 1. The van der Waals surface area contributed by atoms with Gasteiger partial charge in [-0.2, -0.15) is 0 Å². The minimum Gasteiger partial charge on any atom is -0.310 e. The lowest BCUT2D eigenvalue weighted by Gasteiger charge is -2.26. The van der Waals surface area contributed by atoms with E-state index in [0.717, 1.165) is 28.4 Å². The maximum Gasteiger partial charge on any atom is 0.0619 e. The molecular weight excluding hydrogens is 699 g/mol. The van der Waals surface area contributed by atoms with Gasteiger partial charge in [-0.15, -0.1) is 11.3 Å². The summed E-state index contributed by atoms with van der Waals surface area (Å²) in [7, 11) is 0. The molecular formula is C52H33N3S. The molecule has 0 saturated carbocycles. The number of rotatable bonds is 5. The predicted molar refractivity (Wildman–Crippen MR) is 240 cm³/mol. The van der Waals surface area contributed by atoms with Crippen LogP contribution in [-0.2, 0) is 0 Å². The van der Waals surface area contributed by atoms with E-state index in [9.17, 15) is 0 Å². The summed E-state index contributed by atoms with van der Waals surface area (Å²) in [6.45, 7) is 0. The molecule has 0 atom stereocenters. The fourth-order valence-corrected chi connectivity index (χ4v) is 10.1. The maximum atomic E-state index is 2.44. The number of hydrogen-bond acceptors (Lipinski definition) is 2. The Bertz CT molecular complexity index is 3480. The van der Waals surface area contributed by atoms with Crippen molar-refractivity contribution in [2.45, 2.75) is 0 Å². The highest BCUT2D eigenvalue weighted by atomic mass is 32.1. The summed E-state index contributed by atoms with van der Waals surface area (Å²) in [5.74, 6) is 0. The van der Waals surface area contributed by atoms with Crippen molar-refractivity contribution in [2.75, 3.05) is 4.90 Å². The number of para-hydroxylation sites is 3. The Hall–Kier alpha value is -7.14. The Kier molecular flexibility index (Phi) is 6.80. The topological polar surface area (TPSA) is 13.1 Å². The lowest BCUT2D eigenvalue weighted by Crippen LogP contribution is -2.10. The van der Waals surface area contributed by atoms with Gasteiger partial charge in [-0.1, -0.05) is 109 Å². The molecule has 0 radical (unpaired) electrons. The van der Waals surface area contributed by atoms with Gasteiger partial charge in [-0.3, -0.25) is 0 Å². The SMILES string of the molecule is c1ccc(-n2c3ccccc3c3cc(N(c4ccc(-n5c6ccccc6c6ccc7ccccc7c65)cc4)c4ccc5sc6ccccc6c5c4)ccc32)cc1. The van der Waals surface area contributed by atoms with E-state index < -0.39 is 0 Å². The Morgan fingerprint density at radius 3 is 1.68 bits per heavy atom. The van der Waals surface area contributed by atoms with Crippen LogP contribution >= 0.6 is 11.3 Å². The monoisotopic (exact) mass is 731 g/mol. The van der Waals surface area contributed by atoms with Crippen molar-refractivity contribution in [3.8, 4) is 11.4 Å². The summed E-state index contributed by atoms with van der Waals surface area (Å²) in [4.78, 5) is 2.42. The largest absolute Gasteiger partial charge is 0.310 e. The summed E-state index contributed by atoms with van der Waals surface area (Å²) in [6.07, 6.45) is 0. The summed E-state index contributed by atoms with van der Waals surface area (Å²) < 4.78 is 7.43. The standard InChI is InChI=1S/C52H33N3S/c1-2-13-35(14-3-1)54-47-19-9-7-17-42(47)45-32-38(27-30-49(45)54)53(39-28-31-51-46(33-39)43-18-8-11-21-50(43)56-51)36-23-25-37(26-24-36)55-48-20-10-6-16-41(48)44-29-22-34-12-4-5-15-40(34)52(44)55/h1-33H. The van der Waals surface area contributed by atoms with Gasteiger partial charge in [0, 0.05) is 75.5 Å². The third-order valence-corrected chi connectivity index (χ3v) is 12.6. The molecule has 0 N–H and O–H groups in total. The van der Waals surface area contributed by atoms with Crippen LogP contribution in [0.3, 0.4) is 0 Å². The van der Waals surface area contributed by atoms with Crippen LogP contribution in [0.2, 0.25) is 0 Å². The van der Waals surface area contributed by atoms with Crippen molar-refractivity contribution in [3.63, 3.8) is 0 Å². The van der Waals surface area contributed by atoms with Gasteiger partial charge in [0.25, 0.3) is 0 Å². The van der Waals surface area contributed by atoms with Crippen LogP contribution in [0.5, 0.6) is 0 Å². The Labute approximate surface area is 327 Å². The zero-order chi connectivity index (χ0) is 36.7. The van der Waals surface area contributed by atoms with Gasteiger partial charge >= 0.3 is 0 Å². The first-order valence-corrected chi connectivity index (χ1v) is 19.9. The molecule has 0 aliphatic heterocycles. The second kappa shape index (κ2) is 12.2. The van der Waals surface area contributed by atoms with E-state index in [1.165, 1.54) is 74.6 Å². The normalized spacial score (nSPS) is 11.9. The van der Waals surface area contributed by atoms with Crippen molar-refractivity contribution < 1.29 is 0 Å². The molecule has 0 unspecified atom stereocenters. The molecule has 0 bridgehead atoms. The average Bonchev–Trinajstić information content (AvgIpc) is 3.92. The molecule has 3 heterocycles. The minimum absolute atomic E-state index is 1.10. The first kappa shape index (κ1) is 31.2. The summed E-state index contributed by atoms with van der Waals surface area (Å²) in [5, 5.41) is 10.1. The molecule has 3 nitrogen and oxygen atoms in total. The van der Waals surface area contributed by atoms with Gasteiger partial charge < -0.3 is 14.0 Å². The van der Waals surface area contributed by atoms with E-state index in [0.29, 0.717) is 0 Å². The van der Waals surface area contributed by atoms with E-state index in [1.54, 1.807) is 0 Å². The van der Waals surface area contributed by atoms with Gasteiger partial charge in [0.2, 0.25) is 0 Å². The number of hydrogen-bond donors (Lipinski definition) is 0. The third-order valence-electron chi connectivity index (χ3n) is 11.5. The van der Waals surface area contributed by atoms with Crippen LogP contribution in [0.25, 0.3) is 85.9 Å². The first-order chi connectivity index (χ1) is 27.8. The Morgan fingerprint density at radius 1 is 0.321 bits per heavy atom. The minimum atomic E-state index is 1.10. The lowest BCUT2D eigenvalue weighted by atomic mass is 10.1. The molecule has 0 fully saturated rings. The molecule has 56 heavy (non-hydrogen) atoms. The van der Waals surface area contributed by atoms with Crippen molar-refractivity contribution >= 4 is 103 Å². The molecule has 0 saturated heterocycles. The molecule has 3 aromatic heterocycles. The number of aromatic nitrogens is 2. The average molecular weight is 732 g/mol. The number of nitrogens with zero attached hydrogens (tertiary/aromatic N) is 3. The van der Waals surface area contributed by atoms with E-state index in [-0.39, 0.29) is 0 Å². The first-order valence-electron chi connectivity index (χ1n) is 19.1. The van der Waals surface area contributed by atoms with Crippen molar-refractivity contribution in [2.24, 2.45) is 0 Å². The Balaban J connectivity index is 1.08. The third kappa shape index (κ3) is 4.63. The highest BCUT2D eigenvalue weighted by molar-refractivity contribution is 7.25. The number of benzene rings is 9. The van der Waals surface area contributed by atoms with E-state index in [2.05, 4.69) is 214 Å². The zero-order valence-electron chi connectivity index (χ0n) is 30.3. The van der Waals surface area contributed by atoms with Crippen molar-refractivity contribution in [1.29, 1.82) is 0 Å². The fourth-order valence-electron chi connectivity index (χ4n) is 9.00. The van der Waals surface area contributed by atoms with Gasteiger partial charge in [-0.25, -0.2) is 0 Å². The molecule has 262 valence electrons. The second-order valence-corrected chi connectivity index (χ2v) is 15.6. The molecule has 12 rings (SSSR count). The summed E-state index contributed by atoms with van der Waals surface area (Å²) >= 11 is 1.86. The quantitative estimate of drug-likeness (QED) is 0.172. The van der Waals surface area contributed by atoms with Gasteiger partial charge in [0.15, 0.2) is 0 Å². The zero-order valence-corrected chi connectivity index (χ0v) is 31.1. The summed E-state index contributed by atoms with van der Waals surface area (Å²) in [5.41, 5.74) is 10.5. The summed E-state index contributed by atoms with van der Waals surface area (Å²) in [6, 6.07) is 73.3. The van der Waals surface area contributed by atoms with E-state index in [1.807, 2.05) is 11.3 Å². The molecule has 0 spiro atoms. The molecule has 12 aromatic rings. The van der Waals surface area contributed by atoms with Gasteiger partial charge in [-0.05, 0) is 96.4 Å². The molecule has 4 heteroatoms. The lowest BCUT2D eigenvalue weighted by molar-refractivity contribution is 1.18. The van der Waals surface area contributed by atoms with E-state index in [4.69, 9.17) is 0 Å². The van der Waals surface area contributed by atoms with Crippen molar-refractivity contribution in [1.82, 2.24) is 9.13 Å². The van der Waals surface area contributed by atoms with Crippen LogP contribution in [0, 0.1) is 0 Å². The number of anilines is 3. The van der Waals surface area contributed by atoms with Crippen LogP contribution in [0.1, 0.15) is 0 Å². The van der Waals surface area contributed by atoms with Crippen molar-refractivity contribution in [3.05, 3.63) is 200 Å². The highest BCUT2D eigenvalue weighted by Gasteiger charge is 2.20. The van der Waals surface area contributed by atoms with Gasteiger partial charge in [0.1, 0.15) is 0 Å². The maximum absolute atomic E-state index is 2.44. The van der Waals surface area contributed by atoms with Crippen LogP contribution in [-0.4, -0.2) is 9.13 Å². The smallest absolute Gasteiger partial charge is 0.0619 e. The highest BCUT2D eigenvalue weighted by Crippen LogP contribution is 2.44. The van der Waals surface area contributed by atoms with E-state index >= 15 is 0 Å². The van der Waals surface area contributed by atoms with Crippen LogP contribution < -0.4 is 4.90 Å². The second-order valence-electron chi connectivity index (χ2n) is 14.6. The van der Waals surface area contributed by atoms with Crippen LogP contribution in [0.15, 0.2) is 200 Å². The fraction of sp³-hybridized carbons (Fsp3) is 0. The molecule has 0 amide bonds. The Morgan fingerprint density at radius 2 is 0.875 bits per heavy atom. The molecule has 0 aliphatic rings. The molecule has 9 aromatic carbocycles. The predicted octanol–water partition coefficient (Wildman–Crippen LogP) is 14.9. The van der Waals surface area contributed by atoms with Crippen LogP contribution in [0.4, 0.5) is 17.1 Å².